The highest BCUT2D eigenvalue weighted by Gasteiger charge is 2.41. The zero-order valence-electron chi connectivity index (χ0n) is 8.06. The Balaban J connectivity index is 2.85. The smallest absolute Gasteiger partial charge is 0.337 e. The number of ether oxygens (including phenoxy) is 1. The van der Waals surface area contributed by atoms with Crippen LogP contribution in [-0.4, -0.2) is 55.4 Å². The molecule has 1 unspecified atom stereocenters. The van der Waals surface area contributed by atoms with Crippen LogP contribution in [0.3, 0.4) is 0 Å². The van der Waals surface area contributed by atoms with Crippen LogP contribution in [-0.2, 0) is 19.6 Å². The molecule has 1 heterocycles. The molecule has 14 heavy (non-hydrogen) atoms. The zero-order valence-corrected chi connectivity index (χ0v) is 8.87. The molecule has 1 aliphatic rings. The summed E-state index contributed by atoms with van der Waals surface area (Å²) in [5.74, 6) is -1.15. The van der Waals surface area contributed by atoms with Gasteiger partial charge in [-0.15, -0.1) is 0 Å². The Hall–Kier alpha value is -0.660. The SMILES string of the molecule is CC1(C(=O)O)CN(S(C)(=O)=O)CCO1. The highest BCUT2D eigenvalue weighted by atomic mass is 32.2. The van der Waals surface area contributed by atoms with Crippen LogP contribution in [0.2, 0.25) is 0 Å². The fraction of sp³-hybridized carbons (Fsp3) is 0.857. The molecule has 6 nitrogen and oxygen atoms in total. The van der Waals surface area contributed by atoms with Crippen molar-refractivity contribution in [3.05, 3.63) is 0 Å². The van der Waals surface area contributed by atoms with E-state index >= 15 is 0 Å². The number of rotatable bonds is 2. The molecule has 0 aromatic rings. The number of carbonyl (C=O) groups is 1. The molecule has 1 saturated heterocycles. The van der Waals surface area contributed by atoms with Crippen molar-refractivity contribution in [2.45, 2.75) is 12.5 Å². The monoisotopic (exact) mass is 223 g/mol. The third-order valence-corrected chi connectivity index (χ3v) is 3.41. The van der Waals surface area contributed by atoms with Gasteiger partial charge in [0.1, 0.15) is 0 Å². The van der Waals surface area contributed by atoms with E-state index in [1.165, 1.54) is 6.92 Å². The quantitative estimate of drug-likeness (QED) is 0.657. The summed E-state index contributed by atoms with van der Waals surface area (Å²) in [6.45, 7) is 1.55. The molecule has 0 amide bonds. The molecule has 1 N–H and O–H groups in total. The van der Waals surface area contributed by atoms with Gasteiger partial charge in [0.05, 0.1) is 19.4 Å². The van der Waals surface area contributed by atoms with E-state index in [-0.39, 0.29) is 19.7 Å². The number of carboxylic acids is 1. The maximum absolute atomic E-state index is 11.2. The fourth-order valence-electron chi connectivity index (χ4n) is 1.25. The predicted molar refractivity (Wildman–Crippen MR) is 48.4 cm³/mol. The first-order valence-corrected chi connectivity index (χ1v) is 5.93. The number of hydrogen-bond donors (Lipinski definition) is 1. The van der Waals surface area contributed by atoms with E-state index < -0.39 is 21.6 Å². The fourth-order valence-corrected chi connectivity index (χ4v) is 2.13. The summed E-state index contributed by atoms with van der Waals surface area (Å²) in [4.78, 5) is 10.8. The second-order valence-corrected chi connectivity index (χ2v) is 5.46. The summed E-state index contributed by atoms with van der Waals surface area (Å²) in [7, 11) is -3.34. The standard InChI is InChI=1S/C7H13NO5S/c1-7(6(9)10)5-8(3-4-13-7)14(2,11)12/h3-5H2,1-2H3,(H,9,10). The Morgan fingerprint density at radius 1 is 1.57 bits per heavy atom. The summed E-state index contributed by atoms with van der Waals surface area (Å²) in [6.07, 6.45) is 1.06. The number of aliphatic carboxylic acids is 1. The molecule has 1 fully saturated rings. The van der Waals surface area contributed by atoms with Crippen molar-refractivity contribution in [3.8, 4) is 0 Å². The summed E-state index contributed by atoms with van der Waals surface area (Å²) >= 11 is 0. The third kappa shape index (κ3) is 2.23. The van der Waals surface area contributed by atoms with Crippen molar-refractivity contribution in [3.63, 3.8) is 0 Å². The van der Waals surface area contributed by atoms with Crippen LogP contribution in [0.25, 0.3) is 0 Å². The first-order valence-electron chi connectivity index (χ1n) is 4.08. The van der Waals surface area contributed by atoms with Gasteiger partial charge in [0.2, 0.25) is 10.0 Å². The Morgan fingerprint density at radius 2 is 2.14 bits per heavy atom. The van der Waals surface area contributed by atoms with Gasteiger partial charge >= 0.3 is 5.97 Å². The van der Waals surface area contributed by atoms with Crippen LogP contribution in [0, 0.1) is 0 Å². The second kappa shape index (κ2) is 3.48. The zero-order chi connectivity index (χ0) is 11.0. The molecule has 82 valence electrons. The lowest BCUT2D eigenvalue weighted by molar-refractivity contribution is -0.170. The van der Waals surface area contributed by atoms with Gasteiger partial charge in [0, 0.05) is 6.54 Å². The van der Waals surface area contributed by atoms with Crippen LogP contribution in [0.5, 0.6) is 0 Å². The Bertz CT molecular complexity index is 338. The van der Waals surface area contributed by atoms with Crippen LogP contribution in [0.1, 0.15) is 6.92 Å². The minimum Gasteiger partial charge on any atom is -0.479 e. The Kier molecular flexibility index (Phi) is 2.84. The molecule has 0 saturated carbocycles. The molecule has 0 aromatic heterocycles. The van der Waals surface area contributed by atoms with Gasteiger partial charge in [-0.05, 0) is 6.92 Å². The lowest BCUT2D eigenvalue weighted by atomic mass is 10.1. The highest BCUT2D eigenvalue weighted by Crippen LogP contribution is 2.19. The Morgan fingerprint density at radius 3 is 2.57 bits per heavy atom. The highest BCUT2D eigenvalue weighted by molar-refractivity contribution is 7.88. The first-order chi connectivity index (χ1) is 6.26. The van der Waals surface area contributed by atoms with E-state index in [4.69, 9.17) is 9.84 Å². The summed E-state index contributed by atoms with van der Waals surface area (Å²) < 4.78 is 28.5. The van der Waals surface area contributed by atoms with Gasteiger partial charge in [0.25, 0.3) is 0 Å². The Labute approximate surface area is 82.5 Å². The molecule has 0 aromatic carbocycles. The molecule has 0 spiro atoms. The lowest BCUT2D eigenvalue weighted by Gasteiger charge is -2.35. The van der Waals surface area contributed by atoms with Crippen molar-refractivity contribution < 1.29 is 23.1 Å². The number of carboxylic acid groups (broad SMARTS) is 1. The number of sulfonamides is 1. The molecule has 0 aliphatic carbocycles. The van der Waals surface area contributed by atoms with E-state index in [0.717, 1.165) is 10.6 Å². The molecule has 7 heteroatoms. The maximum atomic E-state index is 11.2. The van der Waals surface area contributed by atoms with Gasteiger partial charge in [-0.1, -0.05) is 0 Å². The first kappa shape index (κ1) is 11.4. The molecule has 1 atom stereocenters. The molecular formula is C7H13NO5S. The summed E-state index contributed by atoms with van der Waals surface area (Å²) in [6, 6.07) is 0. The molecular weight excluding hydrogens is 210 g/mol. The summed E-state index contributed by atoms with van der Waals surface area (Å²) in [5.41, 5.74) is -1.43. The topological polar surface area (TPSA) is 83.9 Å². The van der Waals surface area contributed by atoms with Crippen molar-refractivity contribution in [2.75, 3.05) is 26.0 Å². The van der Waals surface area contributed by atoms with Crippen LogP contribution >= 0.6 is 0 Å². The van der Waals surface area contributed by atoms with Crippen LogP contribution in [0.15, 0.2) is 0 Å². The van der Waals surface area contributed by atoms with E-state index in [1.54, 1.807) is 0 Å². The number of morpholine rings is 1. The largest absolute Gasteiger partial charge is 0.479 e. The van der Waals surface area contributed by atoms with Crippen LogP contribution in [0.4, 0.5) is 0 Å². The van der Waals surface area contributed by atoms with E-state index in [0.29, 0.717) is 0 Å². The van der Waals surface area contributed by atoms with Crippen molar-refractivity contribution >= 4 is 16.0 Å². The average Bonchev–Trinajstić information content (AvgIpc) is 2.02. The normalized spacial score (nSPS) is 30.1. The third-order valence-electron chi connectivity index (χ3n) is 2.16. The molecule has 0 bridgehead atoms. The predicted octanol–water partition coefficient (Wildman–Crippen LogP) is -0.878. The van der Waals surface area contributed by atoms with Gasteiger partial charge in [-0.2, -0.15) is 4.31 Å². The number of hydrogen-bond acceptors (Lipinski definition) is 4. The van der Waals surface area contributed by atoms with Gasteiger partial charge in [-0.25, -0.2) is 13.2 Å². The minimum atomic E-state index is -3.34. The van der Waals surface area contributed by atoms with Gasteiger partial charge < -0.3 is 9.84 Å². The van der Waals surface area contributed by atoms with Crippen molar-refractivity contribution in [1.29, 1.82) is 0 Å². The maximum Gasteiger partial charge on any atom is 0.337 e. The average molecular weight is 223 g/mol. The number of nitrogens with zero attached hydrogens (tertiary/aromatic N) is 1. The van der Waals surface area contributed by atoms with Gasteiger partial charge in [-0.3, -0.25) is 0 Å². The lowest BCUT2D eigenvalue weighted by Crippen LogP contribution is -2.55. The van der Waals surface area contributed by atoms with Crippen LogP contribution < -0.4 is 0 Å². The van der Waals surface area contributed by atoms with E-state index in [2.05, 4.69) is 0 Å². The second-order valence-electron chi connectivity index (χ2n) is 3.48. The van der Waals surface area contributed by atoms with Gasteiger partial charge in [0.15, 0.2) is 5.60 Å². The van der Waals surface area contributed by atoms with Crippen molar-refractivity contribution in [2.24, 2.45) is 0 Å². The van der Waals surface area contributed by atoms with Crippen molar-refractivity contribution in [1.82, 2.24) is 4.31 Å². The van der Waals surface area contributed by atoms with E-state index in [9.17, 15) is 13.2 Å². The molecule has 1 rings (SSSR count). The summed E-state index contributed by atoms with van der Waals surface area (Å²) in [5, 5.41) is 8.83. The van der Waals surface area contributed by atoms with E-state index in [1.807, 2.05) is 0 Å². The molecule has 0 radical (unpaired) electrons. The molecule has 1 aliphatic heterocycles. The minimum absolute atomic E-state index is 0.107.